The van der Waals surface area contributed by atoms with E-state index in [0.717, 1.165) is 32.9 Å². The minimum absolute atomic E-state index is 0.569. The molecular weight excluding hydrogens is 442 g/mol. The van der Waals surface area contributed by atoms with Crippen LogP contribution in [0.2, 0.25) is 0 Å². The van der Waals surface area contributed by atoms with Crippen LogP contribution >= 0.6 is 11.3 Å². The highest BCUT2D eigenvalue weighted by Crippen LogP contribution is 2.31. The Hall–Kier alpha value is -3.88. The molecule has 0 saturated heterocycles. The zero-order valence-electron chi connectivity index (χ0n) is 18.7. The number of nitrogens with zero attached hydrogens (tertiary/aromatic N) is 7. The van der Waals surface area contributed by atoms with Crippen LogP contribution in [0.5, 0.6) is 0 Å². The largest absolute Gasteiger partial charge is 0.283 e. The molecule has 0 N–H and O–H groups in total. The monoisotopic (exact) mass is 465 g/mol. The molecule has 168 valence electrons. The molecule has 0 unspecified atom stereocenters. The number of benzene rings is 1. The minimum atomic E-state index is 0.569. The summed E-state index contributed by atoms with van der Waals surface area (Å²) >= 11 is 1.65. The van der Waals surface area contributed by atoms with Crippen molar-refractivity contribution >= 4 is 11.3 Å². The molecule has 7 nitrogen and oxygen atoms in total. The zero-order chi connectivity index (χ0) is 23.2. The Bertz CT molecular complexity index is 1300. The highest BCUT2D eigenvalue weighted by atomic mass is 32.1. The molecule has 5 rings (SSSR count). The molecule has 5 aromatic rings. The van der Waals surface area contributed by atoms with Gasteiger partial charge in [-0.05, 0) is 36.8 Å². The quantitative estimate of drug-likeness (QED) is 0.320. The van der Waals surface area contributed by atoms with E-state index in [1.807, 2.05) is 36.5 Å². The molecular formula is C26H23N7S. The molecule has 0 aliphatic carbocycles. The second-order valence-corrected chi connectivity index (χ2v) is 8.92. The van der Waals surface area contributed by atoms with E-state index in [1.54, 1.807) is 36.1 Å². The van der Waals surface area contributed by atoms with Gasteiger partial charge in [0.15, 0.2) is 0 Å². The normalized spacial score (nSPS) is 11.1. The molecule has 0 fully saturated rings. The predicted molar refractivity (Wildman–Crippen MR) is 133 cm³/mol. The molecule has 0 radical (unpaired) electrons. The maximum Gasteiger partial charge on any atom is 0.142 e. The zero-order valence-corrected chi connectivity index (χ0v) is 19.6. The van der Waals surface area contributed by atoms with E-state index >= 15 is 0 Å². The molecule has 0 atom stereocenters. The second-order valence-electron chi connectivity index (χ2n) is 7.89. The van der Waals surface area contributed by atoms with E-state index in [4.69, 9.17) is 4.98 Å². The lowest BCUT2D eigenvalue weighted by Gasteiger charge is -2.20. The van der Waals surface area contributed by atoms with Crippen molar-refractivity contribution in [3.8, 4) is 21.1 Å². The van der Waals surface area contributed by atoms with Crippen LogP contribution in [-0.2, 0) is 19.6 Å². The minimum Gasteiger partial charge on any atom is -0.283 e. The Labute approximate surface area is 202 Å². The predicted octanol–water partition coefficient (Wildman–Crippen LogP) is 4.96. The number of thiazole rings is 1. The first-order valence-electron chi connectivity index (χ1n) is 11.0. The molecule has 1 aromatic carbocycles. The van der Waals surface area contributed by atoms with Gasteiger partial charge in [-0.15, -0.1) is 11.3 Å². The SMILES string of the molecule is Cc1ccc(-c2cnc(-c3cccc(CN(Cc4ncccn4)Cc4ncccn4)n3)s2)cc1. The maximum atomic E-state index is 4.91. The number of rotatable bonds is 8. The van der Waals surface area contributed by atoms with E-state index < -0.39 is 0 Å². The summed E-state index contributed by atoms with van der Waals surface area (Å²) in [5.41, 5.74) is 4.22. The van der Waals surface area contributed by atoms with Crippen LogP contribution in [0, 0.1) is 6.92 Å². The van der Waals surface area contributed by atoms with Crippen molar-refractivity contribution in [2.75, 3.05) is 0 Å². The van der Waals surface area contributed by atoms with Crippen LogP contribution < -0.4 is 0 Å². The van der Waals surface area contributed by atoms with Gasteiger partial charge >= 0.3 is 0 Å². The van der Waals surface area contributed by atoms with Gasteiger partial charge in [0.25, 0.3) is 0 Å². The first kappa shape index (κ1) is 21.9. The van der Waals surface area contributed by atoms with Gasteiger partial charge in [-0.1, -0.05) is 35.9 Å². The third-order valence-corrected chi connectivity index (χ3v) is 6.29. The van der Waals surface area contributed by atoms with E-state index in [0.29, 0.717) is 19.6 Å². The van der Waals surface area contributed by atoms with Crippen LogP contribution in [-0.4, -0.2) is 34.8 Å². The topological polar surface area (TPSA) is 80.6 Å². The molecule has 4 aromatic heterocycles. The van der Waals surface area contributed by atoms with Crippen molar-refractivity contribution < 1.29 is 0 Å². The average Bonchev–Trinajstić information content (AvgIpc) is 3.36. The summed E-state index contributed by atoms with van der Waals surface area (Å²) in [7, 11) is 0. The first-order valence-corrected chi connectivity index (χ1v) is 11.8. The van der Waals surface area contributed by atoms with Crippen molar-refractivity contribution in [2.45, 2.75) is 26.6 Å². The van der Waals surface area contributed by atoms with Gasteiger partial charge in [-0.25, -0.2) is 29.9 Å². The van der Waals surface area contributed by atoms with Gasteiger partial charge in [-0.3, -0.25) is 4.90 Å². The molecule has 8 heteroatoms. The molecule has 0 aliphatic rings. The Morgan fingerprint density at radius 1 is 0.706 bits per heavy atom. The third kappa shape index (κ3) is 5.54. The van der Waals surface area contributed by atoms with E-state index in [2.05, 4.69) is 61.0 Å². The van der Waals surface area contributed by atoms with Crippen molar-refractivity contribution in [2.24, 2.45) is 0 Å². The fraction of sp³-hybridized carbons (Fsp3) is 0.154. The number of pyridine rings is 1. The Morgan fingerprint density at radius 3 is 2.00 bits per heavy atom. The Kier molecular flexibility index (Phi) is 6.69. The third-order valence-electron chi connectivity index (χ3n) is 5.22. The summed E-state index contributed by atoms with van der Waals surface area (Å²) in [5.74, 6) is 1.49. The highest BCUT2D eigenvalue weighted by Gasteiger charge is 2.14. The highest BCUT2D eigenvalue weighted by molar-refractivity contribution is 7.18. The van der Waals surface area contributed by atoms with Crippen LogP contribution in [0.1, 0.15) is 22.9 Å². The summed E-state index contributed by atoms with van der Waals surface area (Å²) in [5, 5.41) is 0.904. The standard InChI is InChI=1S/C26H23N7S/c1-19-7-9-20(10-8-19)23-15-31-26(34-23)22-6-2-5-21(32-22)16-33(17-24-27-11-3-12-28-24)18-25-29-13-4-14-30-25/h2-15H,16-18H2,1H3. The molecule has 4 heterocycles. The summed E-state index contributed by atoms with van der Waals surface area (Å²) < 4.78 is 0. The van der Waals surface area contributed by atoms with E-state index in [9.17, 15) is 0 Å². The lowest BCUT2D eigenvalue weighted by molar-refractivity contribution is 0.232. The Morgan fingerprint density at radius 2 is 1.35 bits per heavy atom. The van der Waals surface area contributed by atoms with E-state index in [-0.39, 0.29) is 0 Å². The average molecular weight is 466 g/mol. The van der Waals surface area contributed by atoms with Crippen LogP contribution in [0.4, 0.5) is 0 Å². The van der Waals surface area contributed by atoms with Gasteiger partial charge in [0.2, 0.25) is 0 Å². The van der Waals surface area contributed by atoms with Gasteiger partial charge < -0.3 is 0 Å². The number of aromatic nitrogens is 6. The molecule has 0 aliphatic heterocycles. The number of hydrogen-bond acceptors (Lipinski definition) is 8. The van der Waals surface area contributed by atoms with Crippen molar-refractivity contribution in [3.05, 3.63) is 108 Å². The summed E-state index contributed by atoms with van der Waals surface area (Å²) in [4.78, 5) is 30.4. The molecule has 0 saturated carbocycles. The van der Waals surface area contributed by atoms with Gasteiger partial charge in [0.05, 0.1) is 29.4 Å². The van der Waals surface area contributed by atoms with Gasteiger partial charge in [0.1, 0.15) is 16.7 Å². The second kappa shape index (κ2) is 10.4. The summed E-state index contributed by atoms with van der Waals surface area (Å²) in [6.45, 7) is 3.84. The lowest BCUT2D eigenvalue weighted by Crippen LogP contribution is -2.25. The molecule has 0 bridgehead atoms. The molecule has 0 amide bonds. The molecule has 34 heavy (non-hydrogen) atoms. The lowest BCUT2D eigenvalue weighted by atomic mass is 10.1. The number of hydrogen-bond donors (Lipinski definition) is 0. The van der Waals surface area contributed by atoms with Crippen molar-refractivity contribution in [1.29, 1.82) is 0 Å². The summed E-state index contributed by atoms with van der Waals surface area (Å²) in [6.07, 6.45) is 8.95. The van der Waals surface area contributed by atoms with Crippen LogP contribution in [0.15, 0.2) is 85.6 Å². The fourth-order valence-corrected chi connectivity index (χ4v) is 4.44. The summed E-state index contributed by atoms with van der Waals surface area (Å²) in [6, 6.07) is 18.2. The smallest absolute Gasteiger partial charge is 0.142 e. The van der Waals surface area contributed by atoms with E-state index in [1.165, 1.54) is 11.1 Å². The fourth-order valence-electron chi connectivity index (χ4n) is 3.55. The van der Waals surface area contributed by atoms with Crippen molar-refractivity contribution in [1.82, 2.24) is 34.8 Å². The Balaban J connectivity index is 1.37. The number of aryl methyl sites for hydroxylation is 1. The first-order chi connectivity index (χ1) is 16.7. The van der Waals surface area contributed by atoms with Crippen LogP contribution in [0.3, 0.4) is 0 Å². The van der Waals surface area contributed by atoms with Crippen molar-refractivity contribution in [3.63, 3.8) is 0 Å². The molecule has 0 spiro atoms. The van der Waals surface area contributed by atoms with Gasteiger partial charge in [0, 0.05) is 37.5 Å². The van der Waals surface area contributed by atoms with Gasteiger partial charge in [-0.2, -0.15) is 0 Å². The maximum absolute atomic E-state index is 4.91. The van der Waals surface area contributed by atoms with Crippen LogP contribution in [0.25, 0.3) is 21.1 Å².